The van der Waals surface area contributed by atoms with Crippen molar-refractivity contribution in [2.45, 2.75) is 60.4 Å². The predicted molar refractivity (Wildman–Crippen MR) is 81.3 cm³/mol. The van der Waals surface area contributed by atoms with Crippen molar-refractivity contribution in [1.29, 1.82) is 0 Å². The van der Waals surface area contributed by atoms with E-state index in [9.17, 15) is 0 Å². The Hall–Kier alpha value is -0.820. The molecule has 0 aromatic heterocycles. The molecule has 1 heteroatoms. The number of benzene rings is 1. The summed E-state index contributed by atoms with van der Waals surface area (Å²) in [5.74, 6) is 0.705. The quantitative estimate of drug-likeness (QED) is 0.795. The van der Waals surface area contributed by atoms with Crippen LogP contribution in [0.15, 0.2) is 12.1 Å². The van der Waals surface area contributed by atoms with Gasteiger partial charge in [-0.25, -0.2) is 0 Å². The van der Waals surface area contributed by atoms with Crippen molar-refractivity contribution in [2.75, 3.05) is 6.54 Å². The third kappa shape index (κ3) is 4.13. The summed E-state index contributed by atoms with van der Waals surface area (Å²) in [6, 6.07) is 5.25. The van der Waals surface area contributed by atoms with E-state index >= 15 is 0 Å². The van der Waals surface area contributed by atoms with Crippen LogP contribution in [0.5, 0.6) is 0 Å². The first-order valence-electron chi connectivity index (χ1n) is 7.25. The molecule has 0 aliphatic heterocycles. The fourth-order valence-corrected chi connectivity index (χ4v) is 2.84. The Morgan fingerprint density at radius 2 is 1.61 bits per heavy atom. The molecule has 1 aromatic carbocycles. The van der Waals surface area contributed by atoms with Crippen molar-refractivity contribution in [2.24, 2.45) is 5.92 Å². The summed E-state index contributed by atoms with van der Waals surface area (Å²) in [7, 11) is 0. The maximum Gasteiger partial charge on any atom is 0.00931 e. The molecule has 0 saturated carbocycles. The van der Waals surface area contributed by atoms with Crippen LogP contribution < -0.4 is 5.32 Å². The van der Waals surface area contributed by atoms with Crippen LogP contribution in [0.25, 0.3) is 0 Å². The van der Waals surface area contributed by atoms with E-state index in [2.05, 4.69) is 59.0 Å². The van der Waals surface area contributed by atoms with Crippen molar-refractivity contribution in [1.82, 2.24) is 5.32 Å². The van der Waals surface area contributed by atoms with Gasteiger partial charge < -0.3 is 5.32 Å². The summed E-state index contributed by atoms with van der Waals surface area (Å²) in [5.41, 5.74) is 5.82. The van der Waals surface area contributed by atoms with Gasteiger partial charge in [0.1, 0.15) is 0 Å². The van der Waals surface area contributed by atoms with Crippen molar-refractivity contribution in [3.8, 4) is 0 Å². The van der Waals surface area contributed by atoms with Crippen LogP contribution in [0.2, 0.25) is 0 Å². The molecule has 1 nitrogen and oxygen atoms in total. The normalized spacial score (nSPS) is 13.1. The minimum atomic E-state index is 0.634. The third-order valence-corrected chi connectivity index (χ3v) is 3.82. The minimum absolute atomic E-state index is 0.634. The predicted octanol–water partition coefficient (Wildman–Crippen LogP) is 4.18. The third-order valence-electron chi connectivity index (χ3n) is 3.82. The SMILES string of the molecule is CCNC(CCc1c(C)cc(C)cc1C)C(C)C. The molecule has 0 amide bonds. The highest BCUT2D eigenvalue weighted by Crippen LogP contribution is 2.20. The molecule has 1 N–H and O–H groups in total. The Morgan fingerprint density at radius 3 is 2.06 bits per heavy atom. The number of aryl methyl sites for hydroxylation is 3. The first-order chi connectivity index (χ1) is 8.45. The molecule has 0 spiro atoms. The van der Waals surface area contributed by atoms with E-state index in [4.69, 9.17) is 0 Å². The van der Waals surface area contributed by atoms with Gasteiger partial charge in [-0.15, -0.1) is 0 Å². The fraction of sp³-hybridized carbons (Fsp3) is 0.647. The van der Waals surface area contributed by atoms with Crippen LogP contribution in [0.3, 0.4) is 0 Å². The highest BCUT2D eigenvalue weighted by atomic mass is 14.9. The van der Waals surface area contributed by atoms with Gasteiger partial charge in [-0.1, -0.05) is 38.5 Å². The fourth-order valence-electron chi connectivity index (χ4n) is 2.84. The van der Waals surface area contributed by atoms with Crippen molar-refractivity contribution in [3.05, 3.63) is 34.4 Å². The molecule has 0 bridgehead atoms. The molecule has 102 valence electrons. The molecule has 0 radical (unpaired) electrons. The van der Waals surface area contributed by atoms with E-state index in [1.807, 2.05) is 0 Å². The van der Waals surface area contributed by atoms with Crippen molar-refractivity contribution < 1.29 is 0 Å². The van der Waals surface area contributed by atoms with E-state index in [1.54, 1.807) is 5.56 Å². The Bertz CT molecular complexity index is 356. The van der Waals surface area contributed by atoms with E-state index < -0.39 is 0 Å². The molecule has 0 aliphatic rings. The van der Waals surface area contributed by atoms with E-state index in [0.29, 0.717) is 12.0 Å². The first kappa shape index (κ1) is 15.2. The lowest BCUT2D eigenvalue weighted by Crippen LogP contribution is -2.34. The monoisotopic (exact) mass is 247 g/mol. The van der Waals surface area contributed by atoms with Crippen LogP contribution in [0.4, 0.5) is 0 Å². The van der Waals surface area contributed by atoms with Crippen molar-refractivity contribution >= 4 is 0 Å². The summed E-state index contributed by atoms with van der Waals surface area (Å²) in [5, 5.41) is 3.60. The highest BCUT2D eigenvalue weighted by molar-refractivity contribution is 5.37. The molecule has 0 fully saturated rings. The largest absolute Gasteiger partial charge is 0.314 e. The van der Waals surface area contributed by atoms with Gasteiger partial charge in [0, 0.05) is 6.04 Å². The second-order valence-corrected chi connectivity index (χ2v) is 5.82. The Morgan fingerprint density at radius 1 is 1.06 bits per heavy atom. The summed E-state index contributed by atoms with van der Waals surface area (Å²) in [4.78, 5) is 0. The minimum Gasteiger partial charge on any atom is -0.314 e. The van der Waals surface area contributed by atoms with Gasteiger partial charge in [0.2, 0.25) is 0 Å². The lowest BCUT2D eigenvalue weighted by atomic mass is 9.91. The van der Waals surface area contributed by atoms with Crippen LogP contribution in [0, 0.1) is 26.7 Å². The number of hydrogen-bond acceptors (Lipinski definition) is 1. The van der Waals surface area contributed by atoms with Crippen LogP contribution in [0.1, 0.15) is 49.4 Å². The van der Waals surface area contributed by atoms with Crippen LogP contribution in [-0.2, 0) is 6.42 Å². The van der Waals surface area contributed by atoms with E-state index in [-0.39, 0.29) is 0 Å². The average Bonchev–Trinajstić information content (AvgIpc) is 2.25. The Kier molecular flexibility index (Phi) is 5.87. The molecule has 1 atom stereocenters. The highest BCUT2D eigenvalue weighted by Gasteiger charge is 2.13. The van der Waals surface area contributed by atoms with Gasteiger partial charge in [-0.2, -0.15) is 0 Å². The van der Waals surface area contributed by atoms with Gasteiger partial charge in [0.05, 0.1) is 0 Å². The molecule has 1 rings (SSSR count). The molecule has 1 aromatic rings. The average molecular weight is 247 g/mol. The summed E-state index contributed by atoms with van der Waals surface area (Å²) in [6.07, 6.45) is 2.42. The molecule has 0 saturated heterocycles. The number of rotatable bonds is 6. The lowest BCUT2D eigenvalue weighted by Gasteiger charge is -2.22. The lowest BCUT2D eigenvalue weighted by molar-refractivity contribution is 0.385. The Balaban J connectivity index is 2.73. The zero-order chi connectivity index (χ0) is 13.7. The first-order valence-corrected chi connectivity index (χ1v) is 7.25. The van der Waals surface area contributed by atoms with Crippen LogP contribution >= 0.6 is 0 Å². The van der Waals surface area contributed by atoms with E-state index in [1.165, 1.54) is 29.5 Å². The van der Waals surface area contributed by atoms with Crippen molar-refractivity contribution in [3.63, 3.8) is 0 Å². The van der Waals surface area contributed by atoms with E-state index in [0.717, 1.165) is 6.54 Å². The van der Waals surface area contributed by atoms with Gasteiger partial charge in [0.25, 0.3) is 0 Å². The number of nitrogens with one attached hydrogen (secondary N) is 1. The van der Waals surface area contributed by atoms with Gasteiger partial charge in [0.15, 0.2) is 0 Å². The molecule has 0 aliphatic carbocycles. The molecular weight excluding hydrogens is 218 g/mol. The van der Waals surface area contributed by atoms with Gasteiger partial charge in [-0.05, 0) is 62.8 Å². The molecule has 0 heterocycles. The zero-order valence-electron chi connectivity index (χ0n) is 12.9. The standard InChI is InChI=1S/C17H29N/c1-7-18-17(12(2)3)9-8-16-14(5)10-13(4)11-15(16)6/h10-12,17-18H,7-9H2,1-6H3. The summed E-state index contributed by atoms with van der Waals surface area (Å²) < 4.78 is 0. The maximum absolute atomic E-state index is 3.60. The van der Waals surface area contributed by atoms with Gasteiger partial charge in [-0.3, -0.25) is 0 Å². The second-order valence-electron chi connectivity index (χ2n) is 5.82. The second kappa shape index (κ2) is 6.94. The summed E-state index contributed by atoms with van der Waals surface area (Å²) in [6.45, 7) is 14.5. The van der Waals surface area contributed by atoms with Gasteiger partial charge >= 0.3 is 0 Å². The molecule has 18 heavy (non-hydrogen) atoms. The smallest absolute Gasteiger partial charge is 0.00931 e. The summed E-state index contributed by atoms with van der Waals surface area (Å²) >= 11 is 0. The maximum atomic E-state index is 3.60. The zero-order valence-corrected chi connectivity index (χ0v) is 12.9. The van der Waals surface area contributed by atoms with Crippen LogP contribution in [-0.4, -0.2) is 12.6 Å². The Labute approximate surface area is 113 Å². The molecule has 1 unspecified atom stereocenters. The molecular formula is C17H29N. The number of hydrogen-bond donors (Lipinski definition) is 1. The topological polar surface area (TPSA) is 12.0 Å².